The lowest BCUT2D eigenvalue weighted by molar-refractivity contribution is -0.140. The molecule has 9 nitrogen and oxygen atoms in total. The van der Waals surface area contributed by atoms with Crippen LogP contribution in [-0.4, -0.2) is 57.5 Å². The number of ether oxygens (including phenoxy) is 2. The van der Waals surface area contributed by atoms with Gasteiger partial charge < -0.3 is 19.7 Å². The average Bonchev–Trinajstić information content (AvgIpc) is 3.05. The molecule has 2 amide bonds. The Labute approximate surface area is 282 Å². The third-order valence-corrected chi connectivity index (χ3v) is 9.29. The zero-order valence-corrected chi connectivity index (χ0v) is 28.7. The topological polar surface area (TPSA) is 105 Å². The Morgan fingerprint density at radius 2 is 1.47 bits per heavy atom. The van der Waals surface area contributed by atoms with Crippen LogP contribution in [0.5, 0.6) is 11.5 Å². The number of carbonyl (C=O) groups excluding carboxylic acids is 2. The number of hydrogen-bond acceptors (Lipinski definition) is 6. The SMILES string of the molecule is COc1cccc(CN(C(=O)CN(c2cc(Cl)ccc2OC)S(=O)(=O)c2ccccc2)[C@H](Cc2ccccc2)C(=O)NC(C)(C)C)c1. The monoisotopic (exact) mass is 677 g/mol. The summed E-state index contributed by atoms with van der Waals surface area (Å²) in [5.41, 5.74) is 0.998. The van der Waals surface area contributed by atoms with Gasteiger partial charge in [0.2, 0.25) is 11.8 Å². The highest BCUT2D eigenvalue weighted by Gasteiger charge is 2.36. The number of carbonyl (C=O) groups is 2. The Hall–Kier alpha value is -4.54. The maximum Gasteiger partial charge on any atom is 0.264 e. The van der Waals surface area contributed by atoms with Gasteiger partial charge in [-0.25, -0.2) is 8.42 Å². The average molecular weight is 678 g/mol. The molecule has 1 atom stereocenters. The van der Waals surface area contributed by atoms with Crippen LogP contribution in [0.25, 0.3) is 0 Å². The lowest BCUT2D eigenvalue weighted by Gasteiger charge is -2.35. The molecule has 0 saturated carbocycles. The number of sulfonamides is 1. The lowest BCUT2D eigenvalue weighted by atomic mass is 10.0. The Bertz CT molecular complexity index is 1780. The van der Waals surface area contributed by atoms with Crippen molar-refractivity contribution in [2.45, 2.75) is 50.2 Å². The summed E-state index contributed by atoms with van der Waals surface area (Å²) in [6.07, 6.45) is 0.185. The van der Waals surface area contributed by atoms with E-state index in [1.165, 1.54) is 30.2 Å². The van der Waals surface area contributed by atoms with E-state index in [1.807, 2.05) is 57.2 Å². The Morgan fingerprint density at radius 3 is 2.09 bits per heavy atom. The van der Waals surface area contributed by atoms with E-state index in [1.54, 1.807) is 55.6 Å². The minimum atomic E-state index is -4.32. The fourth-order valence-corrected chi connectivity index (χ4v) is 6.67. The van der Waals surface area contributed by atoms with Gasteiger partial charge in [-0.2, -0.15) is 0 Å². The number of hydrogen-bond donors (Lipinski definition) is 1. The number of rotatable bonds is 13. The first-order valence-electron chi connectivity index (χ1n) is 15.0. The Morgan fingerprint density at radius 1 is 0.830 bits per heavy atom. The lowest BCUT2D eigenvalue weighted by Crippen LogP contribution is -2.56. The second-order valence-corrected chi connectivity index (χ2v) is 14.3. The highest BCUT2D eigenvalue weighted by Crippen LogP contribution is 2.35. The van der Waals surface area contributed by atoms with E-state index < -0.39 is 34.1 Å². The van der Waals surface area contributed by atoms with Crippen LogP contribution in [0.4, 0.5) is 5.69 Å². The van der Waals surface area contributed by atoms with Crippen molar-refractivity contribution < 1.29 is 27.5 Å². The fourth-order valence-electron chi connectivity index (χ4n) is 5.07. The second-order valence-electron chi connectivity index (χ2n) is 12.0. The first-order chi connectivity index (χ1) is 22.3. The van der Waals surface area contributed by atoms with E-state index in [0.29, 0.717) is 11.3 Å². The molecule has 0 aliphatic carbocycles. The van der Waals surface area contributed by atoms with Crippen LogP contribution in [0.15, 0.2) is 108 Å². The van der Waals surface area contributed by atoms with E-state index in [2.05, 4.69) is 5.32 Å². The molecule has 0 bridgehead atoms. The molecule has 0 aliphatic rings. The van der Waals surface area contributed by atoms with E-state index in [4.69, 9.17) is 21.1 Å². The predicted octanol–water partition coefficient (Wildman–Crippen LogP) is 6.11. The van der Waals surface area contributed by atoms with Gasteiger partial charge in [0.15, 0.2) is 0 Å². The standard InChI is InChI=1S/C36H40ClN3O6S/c1-36(2,3)38-35(42)32(22-26-13-8-6-9-14-26)39(24-27-15-12-16-29(21-27)45-4)34(41)25-40(31-23-28(37)19-20-33(31)46-5)47(43,44)30-17-10-7-11-18-30/h6-21,23,32H,22,24-25H2,1-5H3,(H,38,42)/t32-/m1/s1. The van der Waals surface area contributed by atoms with Crippen molar-refractivity contribution in [2.75, 3.05) is 25.1 Å². The zero-order valence-electron chi connectivity index (χ0n) is 27.1. The van der Waals surface area contributed by atoms with Gasteiger partial charge in [-0.15, -0.1) is 0 Å². The van der Waals surface area contributed by atoms with Crippen molar-refractivity contribution in [1.29, 1.82) is 0 Å². The van der Waals surface area contributed by atoms with Gasteiger partial charge in [0.1, 0.15) is 24.1 Å². The number of anilines is 1. The first-order valence-corrected chi connectivity index (χ1v) is 16.8. The molecule has 248 valence electrons. The molecule has 47 heavy (non-hydrogen) atoms. The molecule has 0 fully saturated rings. The summed E-state index contributed by atoms with van der Waals surface area (Å²) in [4.78, 5) is 30.1. The summed E-state index contributed by atoms with van der Waals surface area (Å²) in [5.74, 6) is -0.215. The van der Waals surface area contributed by atoms with Crippen molar-refractivity contribution in [2.24, 2.45) is 0 Å². The summed E-state index contributed by atoms with van der Waals surface area (Å²) < 4.78 is 40.4. The summed E-state index contributed by atoms with van der Waals surface area (Å²) in [7, 11) is -1.37. The fraction of sp³-hybridized carbons (Fsp3) is 0.278. The van der Waals surface area contributed by atoms with Crippen molar-refractivity contribution >= 4 is 39.1 Å². The van der Waals surface area contributed by atoms with Gasteiger partial charge in [-0.05, 0) is 74.4 Å². The normalized spacial score (nSPS) is 12.1. The minimum absolute atomic E-state index is 0.00297. The summed E-state index contributed by atoms with van der Waals surface area (Å²) in [6.45, 7) is 4.93. The molecule has 4 aromatic carbocycles. The largest absolute Gasteiger partial charge is 0.497 e. The smallest absolute Gasteiger partial charge is 0.264 e. The molecular weight excluding hydrogens is 638 g/mol. The summed E-state index contributed by atoms with van der Waals surface area (Å²) in [6, 6.07) is 27.9. The molecule has 1 N–H and O–H groups in total. The molecule has 4 rings (SSSR count). The van der Waals surface area contributed by atoms with Crippen LogP contribution in [0.2, 0.25) is 5.02 Å². The number of methoxy groups -OCH3 is 2. The van der Waals surface area contributed by atoms with Crippen molar-refractivity contribution in [3.63, 3.8) is 0 Å². The molecule has 0 heterocycles. The van der Waals surface area contributed by atoms with Gasteiger partial charge >= 0.3 is 0 Å². The second kappa shape index (κ2) is 15.4. The first kappa shape index (κ1) is 35.3. The number of halogens is 1. The van der Waals surface area contributed by atoms with E-state index in [-0.39, 0.29) is 40.2 Å². The molecule has 0 spiro atoms. The van der Waals surface area contributed by atoms with Crippen LogP contribution in [0.1, 0.15) is 31.9 Å². The van der Waals surface area contributed by atoms with Crippen LogP contribution in [0, 0.1) is 0 Å². The molecule has 0 radical (unpaired) electrons. The molecule has 4 aromatic rings. The Kier molecular flexibility index (Phi) is 11.5. The zero-order chi connectivity index (χ0) is 34.2. The third-order valence-electron chi connectivity index (χ3n) is 7.28. The minimum Gasteiger partial charge on any atom is -0.497 e. The van der Waals surface area contributed by atoms with E-state index in [9.17, 15) is 18.0 Å². The van der Waals surface area contributed by atoms with Gasteiger partial charge in [0, 0.05) is 23.5 Å². The third kappa shape index (κ3) is 9.27. The van der Waals surface area contributed by atoms with Crippen molar-refractivity contribution in [1.82, 2.24) is 10.2 Å². The maximum absolute atomic E-state index is 14.7. The molecule has 0 unspecified atom stereocenters. The molecular formula is C36H40ClN3O6S. The summed E-state index contributed by atoms with van der Waals surface area (Å²) >= 11 is 6.36. The summed E-state index contributed by atoms with van der Waals surface area (Å²) in [5, 5.41) is 3.27. The Balaban J connectivity index is 1.87. The molecule has 0 saturated heterocycles. The number of benzene rings is 4. The molecule has 0 aromatic heterocycles. The van der Waals surface area contributed by atoms with Crippen LogP contribution >= 0.6 is 11.6 Å². The van der Waals surface area contributed by atoms with Crippen LogP contribution in [0.3, 0.4) is 0 Å². The van der Waals surface area contributed by atoms with Crippen molar-refractivity contribution in [3.8, 4) is 11.5 Å². The number of nitrogens with zero attached hydrogens (tertiary/aromatic N) is 2. The van der Waals surface area contributed by atoms with Gasteiger partial charge in [0.05, 0.1) is 24.8 Å². The maximum atomic E-state index is 14.7. The number of amides is 2. The van der Waals surface area contributed by atoms with Gasteiger partial charge in [-0.3, -0.25) is 13.9 Å². The van der Waals surface area contributed by atoms with Gasteiger partial charge in [0.25, 0.3) is 10.0 Å². The van der Waals surface area contributed by atoms with E-state index >= 15 is 0 Å². The molecule has 0 aliphatic heterocycles. The number of nitrogens with one attached hydrogen (secondary N) is 1. The highest BCUT2D eigenvalue weighted by atomic mass is 35.5. The van der Waals surface area contributed by atoms with Crippen molar-refractivity contribution in [3.05, 3.63) is 119 Å². The predicted molar refractivity (Wildman–Crippen MR) is 184 cm³/mol. The molecule has 11 heteroatoms. The highest BCUT2D eigenvalue weighted by molar-refractivity contribution is 7.92. The van der Waals surface area contributed by atoms with Crippen LogP contribution in [-0.2, 0) is 32.6 Å². The van der Waals surface area contributed by atoms with E-state index in [0.717, 1.165) is 9.87 Å². The quantitative estimate of drug-likeness (QED) is 0.183. The van der Waals surface area contributed by atoms with Gasteiger partial charge in [-0.1, -0.05) is 72.3 Å². The van der Waals surface area contributed by atoms with Crippen LogP contribution < -0.4 is 19.1 Å².